The van der Waals surface area contributed by atoms with Crippen LogP contribution in [0, 0.1) is 0 Å². The smallest absolute Gasteiger partial charge is 0.346 e. The number of carbonyl (C=O) groups is 2. The lowest BCUT2D eigenvalue weighted by atomic mass is 9.93. The SMILES string of the molecule is COc1cc2c(c(OC)c1C(=O)OCCl)-c1ccc(SC)c(=O)cc1[C@H](NC(C)=O)CC2. The minimum absolute atomic E-state index is 0.109. The molecule has 170 valence electrons. The first-order valence-electron chi connectivity index (χ1n) is 9.86. The van der Waals surface area contributed by atoms with Gasteiger partial charge < -0.3 is 19.5 Å². The second-order valence-corrected chi connectivity index (χ2v) is 8.20. The van der Waals surface area contributed by atoms with Gasteiger partial charge in [-0.3, -0.25) is 9.59 Å². The lowest BCUT2D eigenvalue weighted by Gasteiger charge is -2.19. The zero-order valence-electron chi connectivity index (χ0n) is 18.2. The van der Waals surface area contributed by atoms with E-state index in [9.17, 15) is 14.4 Å². The fraction of sp³-hybridized carbons (Fsp3) is 0.348. The van der Waals surface area contributed by atoms with E-state index in [1.165, 1.54) is 32.9 Å². The molecule has 1 aliphatic carbocycles. The van der Waals surface area contributed by atoms with Crippen molar-refractivity contribution in [3.05, 3.63) is 51.2 Å². The Kier molecular flexibility index (Phi) is 7.69. The summed E-state index contributed by atoms with van der Waals surface area (Å²) in [6.07, 6.45) is 2.93. The molecule has 1 aliphatic rings. The molecule has 0 fully saturated rings. The molecule has 0 aromatic heterocycles. The normalized spacial score (nSPS) is 14.5. The lowest BCUT2D eigenvalue weighted by Crippen LogP contribution is -2.26. The van der Waals surface area contributed by atoms with E-state index in [-0.39, 0.29) is 28.7 Å². The van der Waals surface area contributed by atoms with Gasteiger partial charge in [-0.05, 0) is 54.0 Å². The predicted octanol–water partition coefficient (Wildman–Crippen LogP) is 3.93. The molecule has 9 heteroatoms. The van der Waals surface area contributed by atoms with Crippen molar-refractivity contribution in [1.82, 2.24) is 5.32 Å². The van der Waals surface area contributed by atoms with Crippen LogP contribution < -0.4 is 20.2 Å². The second kappa shape index (κ2) is 10.3. The molecular formula is C23H24ClNO6S. The maximum Gasteiger partial charge on any atom is 0.346 e. The number of ether oxygens (including phenoxy) is 3. The summed E-state index contributed by atoms with van der Waals surface area (Å²) in [5.74, 6) is -0.324. The third kappa shape index (κ3) is 4.56. The molecule has 1 amide bonds. The molecule has 0 saturated heterocycles. The number of halogens is 1. The standard InChI is InChI=1S/C23H24ClNO6S/c1-12(26)25-16-7-5-13-9-18(29-2)21(23(28)31-11-24)22(30-3)20(13)14-6-8-19(32-4)17(27)10-15(14)16/h6,8-10,16H,5,7,11H2,1-4H3,(H,25,26)/t16-/m1/s1. The van der Waals surface area contributed by atoms with Crippen LogP contribution in [-0.4, -0.2) is 38.4 Å². The number of esters is 1. The molecule has 0 unspecified atom stereocenters. The summed E-state index contributed by atoms with van der Waals surface area (Å²) in [5, 5.41) is 2.95. The van der Waals surface area contributed by atoms with Crippen LogP contribution in [0.5, 0.6) is 11.5 Å². The van der Waals surface area contributed by atoms with Crippen molar-refractivity contribution in [3.8, 4) is 22.6 Å². The Bertz CT molecular complexity index is 1120. The summed E-state index contributed by atoms with van der Waals surface area (Å²) in [6, 6.07) is 6.17. The van der Waals surface area contributed by atoms with Crippen LogP contribution in [0.25, 0.3) is 11.1 Å². The number of hydrogen-bond acceptors (Lipinski definition) is 7. The number of amides is 1. The van der Waals surface area contributed by atoms with E-state index in [2.05, 4.69) is 5.32 Å². The van der Waals surface area contributed by atoms with Gasteiger partial charge in [-0.1, -0.05) is 17.7 Å². The zero-order chi connectivity index (χ0) is 23.4. The summed E-state index contributed by atoms with van der Waals surface area (Å²) in [4.78, 5) is 38.0. The van der Waals surface area contributed by atoms with Gasteiger partial charge in [0.05, 0.1) is 25.2 Å². The molecule has 0 heterocycles. The van der Waals surface area contributed by atoms with Gasteiger partial charge in [0.25, 0.3) is 0 Å². The highest BCUT2D eigenvalue weighted by Gasteiger charge is 2.31. The average molecular weight is 478 g/mol. The largest absolute Gasteiger partial charge is 0.496 e. The monoisotopic (exact) mass is 477 g/mol. The number of alkyl halides is 1. The zero-order valence-corrected chi connectivity index (χ0v) is 19.8. The van der Waals surface area contributed by atoms with Crippen molar-refractivity contribution in [3.63, 3.8) is 0 Å². The van der Waals surface area contributed by atoms with Crippen LogP contribution in [0.3, 0.4) is 0 Å². The first-order chi connectivity index (χ1) is 15.4. The fourth-order valence-corrected chi connectivity index (χ4v) is 4.58. The maximum absolute atomic E-state index is 12.8. The molecular weight excluding hydrogens is 454 g/mol. The minimum Gasteiger partial charge on any atom is -0.496 e. The molecule has 0 bridgehead atoms. The number of aryl methyl sites for hydroxylation is 1. The molecule has 0 aliphatic heterocycles. The van der Waals surface area contributed by atoms with Crippen LogP contribution in [0.15, 0.2) is 34.0 Å². The molecule has 0 saturated carbocycles. The van der Waals surface area contributed by atoms with Crippen molar-refractivity contribution in [2.45, 2.75) is 30.7 Å². The summed E-state index contributed by atoms with van der Waals surface area (Å²) >= 11 is 6.96. The van der Waals surface area contributed by atoms with Gasteiger partial charge in [0.15, 0.2) is 11.5 Å². The van der Waals surface area contributed by atoms with Crippen LogP contribution >= 0.6 is 23.4 Å². The number of fused-ring (bicyclic) bond motifs is 3. The predicted molar refractivity (Wildman–Crippen MR) is 124 cm³/mol. The van der Waals surface area contributed by atoms with Gasteiger partial charge in [0, 0.05) is 12.5 Å². The Morgan fingerprint density at radius 3 is 2.56 bits per heavy atom. The first-order valence-corrected chi connectivity index (χ1v) is 11.6. The van der Waals surface area contributed by atoms with E-state index in [0.717, 1.165) is 5.56 Å². The summed E-state index contributed by atoms with van der Waals surface area (Å²) in [7, 11) is 2.91. The lowest BCUT2D eigenvalue weighted by molar-refractivity contribution is -0.119. The molecule has 2 aromatic rings. The molecule has 1 N–H and O–H groups in total. The molecule has 3 rings (SSSR count). The van der Waals surface area contributed by atoms with Crippen LogP contribution in [-0.2, 0) is 16.0 Å². The number of nitrogens with one attached hydrogen (secondary N) is 1. The number of methoxy groups -OCH3 is 2. The van der Waals surface area contributed by atoms with Gasteiger partial charge in [0.1, 0.15) is 17.1 Å². The number of hydrogen-bond donors (Lipinski definition) is 1. The first kappa shape index (κ1) is 23.9. The van der Waals surface area contributed by atoms with Crippen LogP contribution in [0.4, 0.5) is 0 Å². The molecule has 7 nitrogen and oxygen atoms in total. The third-order valence-electron chi connectivity index (χ3n) is 5.33. The molecule has 1 atom stereocenters. The Morgan fingerprint density at radius 1 is 1.22 bits per heavy atom. The molecule has 32 heavy (non-hydrogen) atoms. The molecule has 2 aromatic carbocycles. The van der Waals surface area contributed by atoms with Gasteiger partial charge in [0.2, 0.25) is 5.91 Å². The summed E-state index contributed by atoms with van der Waals surface area (Å²) in [6.45, 7) is 1.44. The number of thioether (sulfide) groups is 1. The Balaban J connectivity index is 2.43. The van der Waals surface area contributed by atoms with Crippen LogP contribution in [0.1, 0.15) is 40.9 Å². The average Bonchev–Trinajstić information content (AvgIpc) is 3.01. The van der Waals surface area contributed by atoms with Crippen molar-refractivity contribution in [2.75, 3.05) is 26.5 Å². The minimum atomic E-state index is -0.685. The van der Waals surface area contributed by atoms with E-state index in [1.54, 1.807) is 18.2 Å². The number of carbonyl (C=O) groups excluding carboxylic acids is 2. The quantitative estimate of drug-likeness (QED) is 0.383. The number of benzene rings is 1. The Morgan fingerprint density at radius 2 is 1.97 bits per heavy atom. The van der Waals surface area contributed by atoms with E-state index >= 15 is 0 Å². The second-order valence-electron chi connectivity index (χ2n) is 7.13. The fourth-order valence-electron chi connectivity index (χ4n) is 4.02. The van der Waals surface area contributed by atoms with Crippen molar-refractivity contribution in [1.29, 1.82) is 0 Å². The van der Waals surface area contributed by atoms with Gasteiger partial charge >= 0.3 is 5.97 Å². The van der Waals surface area contributed by atoms with Crippen molar-refractivity contribution >= 4 is 35.2 Å². The van der Waals surface area contributed by atoms with Gasteiger partial charge in [-0.25, -0.2) is 4.79 Å². The van der Waals surface area contributed by atoms with E-state index in [0.29, 0.717) is 40.2 Å². The number of rotatable bonds is 6. The third-order valence-corrected chi connectivity index (χ3v) is 6.21. The Hall–Kier alpha value is -2.71. The van der Waals surface area contributed by atoms with E-state index in [4.69, 9.17) is 25.8 Å². The van der Waals surface area contributed by atoms with Gasteiger partial charge in [-0.15, -0.1) is 11.8 Å². The molecule has 0 spiro atoms. The van der Waals surface area contributed by atoms with Crippen LogP contribution in [0.2, 0.25) is 0 Å². The highest BCUT2D eigenvalue weighted by atomic mass is 35.5. The summed E-state index contributed by atoms with van der Waals surface area (Å²) in [5.41, 5.74) is 2.82. The summed E-state index contributed by atoms with van der Waals surface area (Å²) < 4.78 is 16.2. The highest BCUT2D eigenvalue weighted by Crippen LogP contribution is 2.46. The van der Waals surface area contributed by atoms with Crippen molar-refractivity contribution in [2.24, 2.45) is 0 Å². The van der Waals surface area contributed by atoms with E-state index < -0.39 is 12.0 Å². The Labute approximate surface area is 195 Å². The highest BCUT2D eigenvalue weighted by molar-refractivity contribution is 7.98. The van der Waals surface area contributed by atoms with Crippen molar-refractivity contribution < 1.29 is 23.8 Å². The van der Waals surface area contributed by atoms with Gasteiger partial charge in [-0.2, -0.15) is 0 Å². The molecule has 0 radical (unpaired) electrons. The topological polar surface area (TPSA) is 90.9 Å². The maximum atomic E-state index is 12.8. The van der Waals surface area contributed by atoms with E-state index in [1.807, 2.05) is 12.3 Å².